The van der Waals surface area contributed by atoms with Crippen LogP contribution in [-0.4, -0.2) is 27.8 Å². The normalized spacial score (nSPS) is 12.3. The van der Waals surface area contributed by atoms with E-state index in [0.29, 0.717) is 23.8 Å². The summed E-state index contributed by atoms with van der Waals surface area (Å²) in [6.45, 7) is 11.8. The van der Waals surface area contributed by atoms with Crippen molar-refractivity contribution in [1.29, 1.82) is 0 Å². The molecule has 0 amide bonds. The Morgan fingerprint density at radius 3 is 2.34 bits per heavy atom. The number of anilines is 1. The fourth-order valence-electron chi connectivity index (χ4n) is 4.04. The van der Waals surface area contributed by atoms with Gasteiger partial charge < -0.3 is 10.2 Å². The second-order valence-electron chi connectivity index (χ2n) is 11.0. The van der Waals surface area contributed by atoms with Crippen LogP contribution in [0.5, 0.6) is 0 Å². The minimum Gasteiger partial charge on any atom is -0.413 e. The maximum atomic E-state index is 13.5. The molecule has 0 radical (unpaired) electrons. The molecule has 3 aromatic heterocycles. The first-order valence-electron chi connectivity index (χ1n) is 12.6. The Kier molecular flexibility index (Phi) is 6.62. The number of nitrogens with zero attached hydrogens (tertiary/aromatic N) is 4. The molecule has 2 N–H and O–H groups in total. The quantitative estimate of drug-likeness (QED) is 0.234. The zero-order valence-electron chi connectivity index (χ0n) is 22.4. The average molecular weight is 526 g/mol. The Morgan fingerprint density at radius 2 is 1.68 bits per heavy atom. The molecule has 38 heavy (non-hydrogen) atoms. The van der Waals surface area contributed by atoms with Crippen molar-refractivity contribution in [2.75, 3.05) is 5.73 Å². The molecule has 0 bridgehead atoms. The van der Waals surface area contributed by atoms with E-state index in [9.17, 15) is 4.39 Å². The van der Waals surface area contributed by atoms with Gasteiger partial charge in [0.1, 0.15) is 17.2 Å². The van der Waals surface area contributed by atoms with Crippen LogP contribution in [0.2, 0.25) is 18.1 Å². The van der Waals surface area contributed by atoms with Crippen LogP contribution in [0.4, 0.5) is 10.2 Å². The molecule has 5 rings (SSSR count). The molecule has 0 atom stereocenters. The van der Waals surface area contributed by atoms with Crippen LogP contribution in [0.15, 0.2) is 79.1 Å². The van der Waals surface area contributed by atoms with Gasteiger partial charge in [0.05, 0.1) is 24.2 Å². The van der Waals surface area contributed by atoms with Crippen LogP contribution in [0.25, 0.3) is 39.4 Å². The summed E-state index contributed by atoms with van der Waals surface area (Å²) in [4.78, 5) is 13.9. The lowest BCUT2D eigenvalue weighted by Crippen LogP contribution is -2.40. The van der Waals surface area contributed by atoms with Gasteiger partial charge in [-0.1, -0.05) is 32.9 Å². The maximum absolute atomic E-state index is 13.5. The topological polar surface area (TPSA) is 78.9 Å². The van der Waals surface area contributed by atoms with Crippen molar-refractivity contribution in [3.05, 3.63) is 90.5 Å². The molecule has 0 saturated heterocycles. The summed E-state index contributed by atoms with van der Waals surface area (Å²) >= 11 is 0. The van der Waals surface area contributed by atoms with Crippen LogP contribution in [-0.2, 0) is 11.0 Å². The van der Waals surface area contributed by atoms with Gasteiger partial charge in [0, 0.05) is 23.0 Å². The van der Waals surface area contributed by atoms with Crippen LogP contribution in [0, 0.1) is 5.82 Å². The van der Waals surface area contributed by atoms with Crippen LogP contribution in [0.1, 0.15) is 26.3 Å². The SMILES string of the molecule is CC(C)(C)[Si](C)(C)OCc1ccc(-n2c(-c3cccnc3N)cc3ncc(-c4ccc(F)cc4)nc32)cc1. The number of nitrogens with two attached hydrogens (primary N) is 1. The minimum atomic E-state index is -1.86. The van der Waals surface area contributed by atoms with Gasteiger partial charge in [0.25, 0.3) is 0 Å². The molecule has 5 aromatic rings. The first kappa shape index (κ1) is 25.8. The second kappa shape index (κ2) is 9.77. The molecule has 0 fully saturated rings. The number of hydrogen-bond acceptors (Lipinski definition) is 5. The van der Waals surface area contributed by atoms with Crippen molar-refractivity contribution < 1.29 is 8.82 Å². The van der Waals surface area contributed by atoms with Crippen molar-refractivity contribution in [1.82, 2.24) is 19.5 Å². The Morgan fingerprint density at radius 1 is 0.974 bits per heavy atom. The number of nitrogen functional groups attached to an aromatic ring is 1. The van der Waals surface area contributed by atoms with Gasteiger partial charge in [-0.05, 0) is 78.3 Å². The molecule has 6 nitrogen and oxygen atoms in total. The first-order valence-corrected chi connectivity index (χ1v) is 15.5. The van der Waals surface area contributed by atoms with Crippen molar-refractivity contribution in [2.24, 2.45) is 0 Å². The molecule has 0 unspecified atom stereocenters. The van der Waals surface area contributed by atoms with Gasteiger partial charge >= 0.3 is 0 Å². The number of fused-ring (bicyclic) bond motifs is 1. The van der Waals surface area contributed by atoms with E-state index in [2.05, 4.69) is 68.1 Å². The molecule has 0 spiro atoms. The highest BCUT2D eigenvalue weighted by Gasteiger charge is 2.37. The fourth-order valence-corrected chi connectivity index (χ4v) is 5.00. The van der Waals surface area contributed by atoms with Crippen molar-refractivity contribution in [2.45, 2.75) is 45.5 Å². The monoisotopic (exact) mass is 525 g/mol. The van der Waals surface area contributed by atoms with Gasteiger partial charge in [0.15, 0.2) is 14.0 Å². The van der Waals surface area contributed by atoms with Gasteiger partial charge in [-0.25, -0.2) is 14.4 Å². The lowest BCUT2D eigenvalue weighted by molar-refractivity contribution is 0.276. The largest absolute Gasteiger partial charge is 0.413 e. The van der Waals surface area contributed by atoms with E-state index >= 15 is 0 Å². The molecular formula is C30H32FN5OSi. The predicted octanol–water partition coefficient (Wildman–Crippen LogP) is 7.39. The second-order valence-corrected chi connectivity index (χ2v) is 15.8. The highest BCUT2D eigenvalue weighted by Crippen LogP contribution is 2.37. The Hall–Kier alpha value is -3.88. The molecule has 2 aromatic carbocycles. The summed E-state index contributed by atoms with van der Waals surface area (Å²) in [6.07, 6.45) is 3.38. The average Bonchev–Trinajstić information content (AvgIpc) is 3.26. The van der Waals surface area contributed by atoms with Gasteiger partial charge in [0.2, 0.25) is 0 Å². The number of hydrogen-bond donors (Lipinski definition) is 1. The van der Waals surface area contributed by atoms with Gasteiger partial charge in [-0.2, -0.15) is 0 Å². The predicted molar refractivity (Wildman–Crippen MR) is 154 cm³/mol. The van der Waals surface area contributed by atoms with E-state index in [0.717, 1.165) is 33.6 Å². The first-order chi connectivity index (χ1) is 18.0. The summed E-state index contributed by atoms with van der Waals surface area (Å²) in [5.41, 5.74) is 12.8. The van der Waals surface area contributed by atoms with E-state index < -0.39 is 8.32 Å². The zero-order chi connectivity index (χ0) is 27.1. The summed E-state index contributed by atoms with van der Waals surface area (Å²) in [7, 11) is -1.86. The van der Waals surface area contributed by atoms with Crippen molar-refractivity contribution in [3.8, 4) is 28.2 Å². The molecular weight excluding hydrogens is 493 g/mol. The molecule has 0 saturated carbocycles. The third-order valence-corrected chi connectivity index (χ3v) is 11.8. The summed E-state index contributed by atoms with van der Waals surface area (Å²) in [5, 5.41) is 0.149. The lowest BCUT2D eigenvalue weighted by atomic mass is 10.1. The summed E-state index contributed by atoms with van der Waals surface area (Å²) in [5.74, 6) is 0.132. The number of pyridine rings is 1. The number of rotatable bonds is 6. The standard InChI is InChI=1S/C30H32FN5OSi/c1-30(2,3)38(4,5)37-19-20-8-14-23(15-9-20)36-27(24-7-6-16-33-28(24)32)17-25-29(36)35-26(18-34-25)21-10-12-22(31)13-11-21/h6-18H,19H2,1-5H3,(H2,32,33). The third kappa shape index (κ3) is 4.97. The molecule has 194 valence electrons. The fraction of sp³-hybridized carbons (Fsp3) is 0.233. The molecule has 8 heteroatoms. The maximum Gasteiger partial charge on any atom is 0.192 e. The smallest absolute Gasteiger partial charge is 0.192 e. The highest BCUT2D eigenvalue weighted by atomic mass is 28.4. The van der Waals surface area contributed by atoms with Crippen molar-refractivity contribution in [3.63, 3.8) is 0 Å². The van der Waals surface area contributed by atoms with Crippen LogP contribution in [0.3, 0.4) is 0 Å². The number of halogens is 1. The van der Waals surface area contributed by atoms with Crippen LogP contribution < -0.4 is 5.73 Å². The summed E-state index contributed by atoms with van der Waals surface area (Å²) in [6, 6.07) is 20.3. The number of benzene rings is 2. The van der Waals surface area contributed by atoms with E-state index in [1.165, 1.54) is 12.1 Å². The zero-order valence-corrected chi connectivity index (χ0v) is 23.4. The Bertz CT molecular complexity index is 1590. The lowest BCUT2D eigenvalue weighted by Gasteiger charge is -2.36. The summed E-state index contributed by atoms with van der Waals surface area (Å²) < 4.78 is 22.0. The number of aromatic nitrogens is 4. The Labute approximate surface area is 223 Å². The molecule has 3 heterocycles. The molecule has 0 aliphatic rings. The van der Waals surface area contributed by atoms with E-state index in [1.54, 1.807) is 24.5 Å². The van der Waals surface area contributed by atoms with Crippen LogP contribution >= 0.6 is 0 Å². The van der Waals surface area contributed by atoms with Gasteiger partial charge in [-0.15, -0.1) is 0 Å². The van der Waals surface area contributed by atoms with Crippen molar-refractivity contribution >= 4 is 25.3 Å². The minimum absolute atomic E-state index is 0.149. The Balaban J connectivity index is 1.59. The molecule has 0 aliphatic carbocycles. The van der Waals surface area contributed by atoms with E-state index in [4.69, 9.17) is 15.1 Å². The molecule has 0 aliphatic heterocycles. The highest BCUT2D eigenvalue weighted by molar-refractivity contribution is 6.74. The van der Waals surface area contributed by atoms with Gasteiger partial charge in [-0.3, -0.25) is 9.55 Å². The third-order valence-electron chi connectivity index (χ3n) is 7.36. The van der Waals surface area contributed by atoms with E-state index in [1.807, 2.05) is 22.8 Å². The van der Waals surface area contributed by atoms with E-state index in [-0.39, 0.29) is 10.9 Å².